The minimum Gasteiger partial charge on any atom is -0.464 e. The number of benzene rings is 1. The average Bonchev–Trinajstić information content (AvgIpc) is 2.86. The molecule has 2 rings (SSSR count). The summed E-state index contributed by atoms with van der Waals surface area (Å²) in [5, 5.41) is 7.76. The lowest BCUT2D eigenvalue weighted by molar-refractivity contribution is 0.0594. The van der Waals surface area contributed by atoms with Crippen molar-refractivity contribution in [2.75, 3.05) is 7.11 Å². The quantitative estimate of drug-likeness (QED) is 0.788. The van der Waals surface area contributed by atoms with Gasteiger partial charge in [0.1, 0.15) is 0 Å². The number of carbonyl (C=O) groups is 1. The van der Waals surface area contributed by atoms with Crippen LogP contribution in [0.3, 0.4) is 0 Å². The van der Waals surface area contributed by atoms with E-state index >= 15 is 0 Å². The Morgan fingerprint density at radius 2 is 2.00 bits per heavy atom. The number of ether oxygens (including phenoxy) is 1. The minimum atomic E-state index is -0.469. The van der Waals surface area contributed by atoms with Crippen LogP contribution in [0.25, 0.3) is 0 Å². The molecule has 0 saturated heterocycles. The zero-order valence-corrected chi connectivity index (χ0v) is 11.3. The molecule has 0 N–H and O–H groups in total. The molecule has 0 bridgehead atoms. The van der Waals surface area contributed by atoms with Crippen LogP contribution in [0.4, 0.5) is 0 Å². The van der Waals surface area contributed by atoms with E-state index in [0.29, 0.717) is 6.54 Å². The largest absolute Gasteiger partial charge is 0.464 e. The number of carbonyl (C=O) groups excluding carboxylic acids is 1. The van der Waals surface area contributed by atoms with E-state index < -0.39 is 5.97 Å². The molecule has 0 aliphatic heterocycles. The van der Waals surface area contributed by atoms with E-state index in [1.807, 2.05) is 18.2 Å². The average molecular weight is 259 g/mol. The number of rotatable bonds is 4. The van der Waals surface area contributed by atoms with Crippen molar-refractivity contribution in [1.82, 2.24) is 15.0 Å². The third-order valence-electron chi connectivity index (χ3n) is 3.05. The molecule has 1 heterocycles. The first-order valence-electron chi connectivity index (χ1n) is 6.07. The summed E-state index contributed by atoms with van der Waals surface area (Å²) in [6.45, 7) is 4.89. The first-order valence-corrected chi connectivity index (χ1v) is 6.07. The van der Waals surface area contributed by atoms with Gasteiger partial charge in [-0.15, -0.1) is 5.10 Å². The molecule has 0 amide bonds. The molecule has 1 aromatic carbocycles. The van der Waals surface area contributed by atoms with Gasteiger partial charge in [-0.05, 0) is 5.56 Å². The SMILES string of the molecule is COC(=O)c1cn(CC(C)(C)c2ccccc2)nn1. The van der Waals surface area contributed by atoms with E-state index in [9.17, 15) is 4.79 Å². The lowest BCUT2D eigenvalue weighted by Crippen LogP contribution is -2.24. The molecule has 19 heavy (non-hydrogen) atoms. The van der Waals surface area contributed by atoms with Crippen molar-refractivity contribution in [3.05, 3.63) is 47.8 Å². The van der Waals surface area contributed by atoms with Gasteiger partial charge < -0.3 is 4.74 Å². The molecule has 0 aliphatic rings. The molecule has 5 nitrogen and oxygen atoms in total. The predicted molar refractivity (Wildman–Crippen MR) is 70.8 cm³/mol. The Morgan fingerprint density at radius 3 is 2.63 bits per heavy atom. The predicted octanol–water partition coefficient (Wildman–Crippen LogP) is 2.04. The van der Waals surface area contributed by atoms with Crippen LogP contribution in [-0.2, 0) is 16.7 Å². The van der Waals surface area contributed by atoms with Gasteiger partial charge in [-0.3, -0.25) is 4.68 Å². The van der Waals surface area contributed by atoms with Crippen molar-refractivity contribution in [3.63, 3.8) is 0 Å². The van der Waals surface area contributed by atoms with Gasteiger partial charge in [0, 0.05) is 5.41 Å². The highest BCUT2D eigenvalue weighted by molar-refractivity contribution is 5.86. The first-order chi connectivity index (χ1) is 9.03. The summed E-state index contributed by atoms with van der Waals surface area (Å²) in [7, 11) is 1.33. The van der Waals surface area contributed by atoms with Crippen molar-refractivity contribution in [1.29, 1.82) is 0 Å². The second-order valence-corrected chi connectivity index (χ2v) is 5.04. The second kappa shape index (κ2) is 5.22. The maximum absolute atomic E-state index is 11.3. The molecule has 1 aromatic heterocycles. The summed E-state index contributed by atoms with van der Waals surface area (Å²) in [6.07, 6.45) is 1.61. The lowest BCUT2D eigenvalue weighted by atomic mass is 9.85. The van der Waals surface area contributed by atoms with Gasteiger partial charge >= 0.3 is 5.97 Å². The van der Waals surface area contributed by atoms with Gasteiger partial charge in [0.25, 0.3) is 0 Å². The van der Waals surface area contributed by atoms with E-state index in [-0.39, 0.29) is 11.1 Å². The third-order valence-corrected chi connectivity index (χ3v) is 3.05. The molecular formula is C14H17N3O2. The van der Waals surface area contributed by atoms with Gasteiger partial charge in [-0.25, -0.2) is 4.79 Å². The molecule has 0 atom stereocenters. The van der Waals surface area contributed by atoms with Crippen molar-refractivity contribution in [2.24, 2.45) is 0 Å². The summed E-state index contributed by atoms with van der Waals surface area (Å²) in [5.41, 5.74) is 1.35. The smallest absolute Gasteiger partial charge is 0.360 e. The summed E-state index contributed by atoms with van der Waals surface area (Å²) >= 11 is 0. The van der Waals surface area contributed by atoms with Crippen LogP contribution >= 0.6 is 0 Å². The van der Waals surface area contributed by atoms with Crippen LogP contribution < -0.4 is 0 Å². The molecular weight excluding hydrogens is 242 g/mol. The zero-order chi connectivity index (χ0) is 13.9. The Balaban J connectivity index is 2.16. The number of hydrogen-bond donors (Lipinski definition) is 0. The van der Waals surface area contributed by atoms with Gasteiger partial charge in [0.05, 0.1) is 19.9 Å². The number of methoxy groups -OCH3 is 1. The number of aromatic nitrogens is 3. The lowest BCUT2D eigenvalue weighted by Gasteiger charge is -2.24. The Morgan fingerprint density at radius 1 is 1.32 bits per heavy atom. The monoisotopic (exact) mass is 259 g/mol. The number of nitrogens with zero attached hydrogens (tertiary/aromatic N) is 3. The fourth-order valence-corrected chi connectivity index (χ4v) is 1.96. The van der Waals surface area contributed by atoms with Crippen molar-refractivity contribution >= 4 is 5.97 Å². The van der Waals surface area contributed by atoms with Crippen LogP contribution in [0.5, 0.6) is 0 Å². The van der Waals surface area contributed by atoms with E-state index in [1.165, 1.54) is 12.7 Å². The van der Waals surface area contributed by atoms with Crippen molar-refractivity contribution < 1.29 is 9.53 Å². The van der Waals surface area contributed by atoms with E-state index in [2.05, 4.69) is 41.0 Å². The molecule has 2 aromatic rings. The highest BCUT2D eigenvalue weighted by Crippen LogP contribution is 2.24. The molecule has 0 aliphatic carbocycles. The van der Waals surface area contributed by atoms with E-state index in [1.54, 1.807) is 10.9 Å². The molecule has 0 spiro atoms. The summed E-state index contributed by atoms with van der Waals surface area (Å²) in [6, 6.07) is 10.2. The highest BCUT2D eigenvalue weighted by Gasteiger charge is 2.22. The fourth-order valence-electron chi connectivity index (χ4n) is 1.96. The summed E-state index contributed by atoms with van der Waals surface area (Å²) < 4.78 is 6.28. The normalized spacial score (nSPS) is 11.3. The zero-order valence-electron chi connectivity index (χ0n) is 11.3. The first kappa shape index (κ1) is 13.3. The van der Waals surface area contributed by atoms with E-state index in [4.69, 9.17) is 0 Å². The highest BCUT2D eigenvalue weighted by atomic mass is 16.5. The van der Waals surface area contributed by atoms with Crippen LogP contribution in [-0.4, -0.2) is 28.1 Å². The van der Waals surface area contributed by atoms with Crippen LogP contribution in [0.15, 0.2) is 36.5 Å². The van der Waals surface area contributed by atoms with Crippen molar-refractivity contribution in [3.8, 4) is 0 Å². The fraction of sp³-hybridized carbons (Fsp3) is 0.357. The summed E-state index contributed by atoms with van der Waals surface area (Å²) in [5.74, 6) is -0.469. The summed E-state index contributed by atoms with van der Waals surface area (Å²) in [4.78, 5) is 11.3. The third kappa shape index (κ3) is 2.99. The van der Waals surface area contributed by atoms with Crippen LogP contribution in [0.1, 0.15) is 29.9 Å². The number of esters is 1. The Labute approximate surface area is 112 Å². The maximum atomic E-state index is 11.3. The van der Waals surface area contributed by atoms with E-state index in [0.717, 1.165) is 0 Å². The van der Waals surface area contributed by atoms with Crippen LogP contribution in [0, 0.1) is 0 Å². The maximum Gasteiger partial charge on any atom is 0.360 e. The molecule has 0 unspecified atom stereocenters. The van der Waals surface area contributed by atoms with Gasteiger partial charge in [0.2, 0.25) is 0 Å². The number of hydrogen-bond acceptors (Lipinski definition) is 4. The Hall–Kier alpha value is -2.17. The standard InChI is InChI=1S/C14H17N3O2/c1-14(2,11-7-5-4-6-8-11)10-17-9-12(15-16-17)13(18)19-3/h4-9H,10H2,1-3H3. The van der Waals surface area contributed by atoms with Gasteiger partial charge in [-0.1, -0.05) is 49.4 Å². The Bertz CT molecular complexity index is 561. The Kier molecular flexibility index (Phi) is 3.64. The molecule has 0 fully saturated rings. The molecule has 0 radical (unpaired) electrons. The van der Waals surface area contributed by atoms with Crippen molar-refractivity contribution in [2.45, 2.75) is 25.8 Å². The molecule has 0 saturated carbocycles. The van der Waals surface area contributed by atoms with Crippen LogP contribution in [0.2, 0.25) is 0 Å². The minimum absolute atomic E-state index is 0.0949. The topological polar surface area (TPSA) is 57.0 Å². The van der Waals surface area contributed by atoms with Gasteiger partial charge in [0.15, 0.2) is 5.69 Å². The molecule has 100 valence electrons. The second-order valence-electron chi connectivity index (χ2n) is 5.04. The molecule has 5 heteroatoms. The van der Waals surface area contributed by atoms with Gasteiger partial charge in [-0.2, -0.15) is 0 Å².